The molecule has 110 valence electrons. The summed E-state index contributed by atoms with van der Waals surface area (Å²) >= 11 is 5.91. The Morgan fingerprint density at radius 2 is 2.25 bits per heavy atom. The van der Waals surface area contributed by atoms with Crippen molar-refractivity contribution in [1.29, 1.82) is 0 Å². The summed E-state index contributed by atoms with van der Waals surface area (Å²) in [5, 5.41) is 9.33. The first-order valence-electron chi connectivity index (χ1n) is 6.96. The Morgan fingerprint density at radius 3 is 3.00 bits per heavy atom. The van der Waals surface area contributed by atoms with Gasteiger partial charge in [0.05, 0.1) is 0 Å². The number of carbonyl (C=O) groups is 1. The van der Waals surface area contributed by atoms with Gasteiger partial charge in [0.15, 0.2) is 0 Å². The zero-order chi connectivity index (χ0) is 14.5. The number of piperidine rings is 1. The lowest BCUT2D eigenvalue weighted by Crippen LogP contribution is -2.39. The fourth-order valence-electron chi connectivity index (χ4n) is 2.77. The Morgan fingerprint density at radius 1 is 1.45 bits per heavy atom. The van der Waals surface area contributed by atoms with E-state index in [1.807, 2.05) is 0 Å². The van der Waals surface area contributed by atoms with E-state index < -0.39 is 5.97 Å². The van der Waals surface area contributed by atoms with Crippen molar-refractivity contribution in [2.45, 2.75) is 44.7 Å². The molecule has 1 heterocycles. The summed E-state index contributed by atoms with van der Waals surface area (Å²) in [5.74, 6) is -1.03. The Balaban J connectivity index is 2.04. The minimum Gasteiger partial charge on any atom is -0.481 e. The maximum absolute atomic E-state index is 13.8. The summed E-state index contributed by atoms with van der Waals surface area (Å²) in [6, 6.07) is 4.80. The lowest BCUT2D eigenvalue weighted by Gasteiger charge is -2.35. The number of aliphatic carboxylic acids is 1. The molecule has 0 radical (unpaired) electrons. The predicted octanol–water partition coefficient (Wildman–Crippen LogP) is 3.70. The fraction of sp³-hybridized carbons (Fsp3) is 0.533. The molecule has 0 aliphatic carbocycles. The molecule has 2 rings (SSSR count). The van der Waals surface area contributed by atoms with Gasteiger partial charge in [0.25, 0.3) is 0 Å². The average Bonchev–Trinajstić information content (AvgIpc) is 2.42. The number of carboxylic acids is 1. The monoisotopic (exact) mass is 299 g/mol. The van der Waals surface area contributed by atoms with E-state index >= 15 is 0 Å². The lowest BCUT2D eigenvalue weighted by atomic mass is 9.97. The number of benzene rings is 1. The zero-order valence-electron chi connectivity index (χ0n) is 11.3. The fourth-order valence-corrected chi connectivity index (χ4v) is 2.96. The summed E-state index contributed by atoms with van der Waals surface area (Å²) in [6.45, 7) is 1.38. The molecule has 1 N–H and O–H groups in total. The number of rotatable bonds is 5. The van der Waals surface area contributed by atoms with Gasteiger partial charge in [-0.2, -0.15) is 0 Å². The number of hydrogen-bond acceptors (Lipinski definition) is 2. The minimum atomic E-state index is -0.774. The first-order chi connectivity index (χ1) is 9.56. The van der Waals surface area contributed by atoms with Crippen molar-refractivity contribution in [2.75, 3.05) is 6.54 Å². The van der Waals surface area contributed by atoms with Crippen LogP contribution in [0.5, 0.6) is 0 Å². The van der Waals surface area contributed by atoms with E-state index in [9.17, 15) is 9.18 Å². The number of carboxylic acid groups (broad SMARTS) is 1. The van der Waals surface area contributed by atoms with Crippen LogP contribution in [0.2, 0.25) is 5.02 Å². The van der Waals surface area contributed by atoms with E-state index in [2.05, 4.69) is 4.90 Å². The molecule has 1 aromatic rings. The van der Waals surface area contributed by atoms with E-state index in [0.29, 0.717) is 23.6 Å². The highest BCUT2D eigenvalue weighted by Crippen LogP contribution is 2.25. The summed E-state index contributed by atoms with van der Waals surface area (Å²) < 4.78 is 13.8. The van der Waals surface area contributed by atoms with Gasteiger partial charge in [-0.05, 0) is 44.0 Å². The van der Waals surface area contributed by atoms with Crippen LogP contribution in [-0.2, 0) is 11.3 Å². The lowest BCUT2D eigenvalue weighted by molar-refractivity contribution is -0.137. The SMILES string of the molecule is O=C(O)CCC1CCCCN1Cc1cc(Cl)ccc1F. The maximum Gasteiger partial charge on any atom is 0.303 e. The second-order valence-corrected chi connectivity index (χ2v) is 5.72. The molecule has 1 aliphatic rings. The molecule has 0 saturated carbocycles. The normalized spacial score (nSPS) is 20.0. The Hall–Kier alpha value is -1.13. The van der Waals surface area contributed by atoms with Gasteiger partial charge in [-0.3, -0.25) is 9.69 Å². The molecule has 3 nitrogen and oxygen atoms in total. The Labute approximate surface area is 123 Å². The van der Waals surface area contributed by atoms with E-state index in [1.165, 1.54) is 6.07 Å². The van der Waals surface area contributed by atoms with Crippen molar-refractivity contribution in [1.82, 2.24) is 4.90 Å². The standard InChI is InChI=1S/C15H19ClFNO2/c16-12-4-6-14(17)11(9-12)10-18-8-2-1-3-13(18)5-7-15(19)20/h4,6,9,13H,1-3,5,7-8,10H2,(H,19,20). The van der Waals surface area contributed by atoms with Crippen LogP contribution >= 0.6 is 11.6 Å². The molecule has 0 bridgehead atoms. The van der Waals surface area contributed by atoms with E-state index in [0.717, 1.165) is 25.8 Å². The second-order valence-electron chi connectivity index (χ2n) is 5.29. The van der Waals surface area contributed by atoms with Crippen LogP contribution in [0.15, 0.2) is 18.2 Å². The van der Waals surface area contributed by atoms with Crippen LogP contribution in [0.25, 0.3) is 0 Å². The minimum absolute atomic E-state index is 0.166. The third-order valence-corrected chi connectivity index (χ3v) is 4.06. The number of nitrogens with zero attached hydrogens (tertiary/aromatic N) is 1. The highest BCUT2D eigenvalue weighted by molar-refractivity contribution is 6.30. The third-order valence-electron chi connectivity index (χ3n) is 3.82. The highest BCUT2D eigenvalue weighted by Gasteiger charge is 2.23. The first-order valence-corrected chi connectivity index (χ1v) is 7.34. The molecule has 1 unspecified atom stereocenters. The molecular formula is C15H19ClFNO2. The molecule has 5 heteroatoms. The number of halogens is 2. The molecule has 0 amide bonds. The van der Waals surface area contributed by atoms with Gasteiger partial charge < -0.3 is 5.11 Å². The second kappa shape index (κ2) is 7.04. The van der Waals surface area contributed by atoms with Crippen LogP contribution in [0.4, 0.5) is 4.39 Å². The zero-order valence-corrected chi connectivity index (χ0v) is 12.1. The molecule has 0 spiro atoms. The molecule has 0 aromatic heterocycles. The van der Waals surface area contributed by atoms with Crippen LogP contribution in [0.1, 0.15) is 37.7 Å². The van der Waals surface area contributed by atoms with Gasteiger partial charge in [-0.15, -0.1) is 0 Å². The van der Waals surface area contributed by atoms with Crippen molar-refractivity contribution in [3.63, 3.8) is 0 Å². The van der Waals surface area contributed by atoms with Crippen molar-refractivity contribution in [3.05, 3.63) is 34.6 Å². The molecular weight excluding hydrogens is 281 g/mol. The highest BCUT2D eigenvalue weighted by atomic mass is 35.5. The summed E-state index contributed by atoms with van der Waals surface area (Å²) in [7, 11) is 0. The van der Waals surface area contributed by atoms with Gasteiger partial charge in [0.1, 0.15) is 5.82 Å². The van der Waals surface area contributed by atoms with Crippen molar-refractivity contribution < 1.29 is 14.3 Å². The van der Waals surface area contributed by atoms with Crippen LogP contribution in [0, 0.1) is 5.82 Å². The smallest absolute Gasteiger partial charge is 0.303 e. The molecule has 20 heavy (non-hydrogen) atoms. The number of likely N-dealkylation sites (tertiary alicyclic amines) is 1. The average molecular weight is 300 g/mol. The van der Waals surface area contributed by atoms with Gasteiger partial charge in [0.2, 0.25) is 0 Å². The quantitative estimate of drug-likeness (QED) is 0.901. The van der Waals surface area contributed by atoms with Crippen LogP contribution in [-0.4, -0.2) is 28.6 Å². The van der Waals surface area contributed by atoms with Gasteiger partial charge in [-0.1, -0.05) is 18.0 Å². The van der Waals surface area contributed by atoms with Gasteiger partial charge in [-0.25, -0.2) is 4.39 Å². The Kier molecular flexibility index (Phi) is 5.38. The topological polar surface area (TPSA) is 40.5 Å². The predicted molar refractivity (Wildman–Crippen MR) is 76.3 cm³/mol. The Bertz CT molecular complexity index is 481. The summed E-state index contributed by atoms with van der Waals surface area (Å²) in [5.41, 5.74) is 0.583. The van der Waals surface area contributed by atoms with E-state index in [-0.39, 0.29) is 18.3 Å². The van der Waals surface area contributed by atoms with E-state index in [1.54, 1.807) is 12.1 Å². The number of hydrogen-bond donors (Lipinski definition) is 1. The molecule has 1 fully saturated rings. The largest absolute Gasteiger partial charge is 0.481 e. The van der Waals surface area contributed by atoms with Gasteiger partial charge >= 0.3 is 5.97 Å². The van der Waals surface area contributed by atoms with Crippen molar-refractivity contribution in [3.8, 4) is 0 Å². The van der Waals surface area contributed by atoms with E-state index in [4.69, 9.17) is 16.7 Å². The third kappa shape index (κ3) is 4.18. The van der Waals surface area contributed by atoms with Crippen molar-refractivity contribution in [2.24, 2.45) is 0 Å². The van der Waals surface area contributed by atoms with Crippen molar-refractivity contribution >= 4 is 17.6 Å². The summed E-state index contributed by atoms with van der Waals surface area (Å²) in [4.78, 5) is 12.9. The molecule has 1 atom stereocenters. The van der Waals surface area contributed by atoms with Crippen LogP contribution < -0.4 is 0 Å². The molecule has 1 aromatic carbocycles. The summed E-state index contributed by atoms with van der Waals surface area (Å²) in [6.07, 6.45) is 3.96. The van der Waals surface area contributed by atoms with Crippen LogP contribution in [0.3, 0.4) is 0 Å². The van der Waals surface area contributed by atoms with Gasteiger partial charge in [0, 0.05) is 29.6 Å². The molecule has 1 aliphatic heterocycles. The maximum atomic E-state index is 13.8. The molecule has 1 saturated heterocycles. The first kappa shape index (κ1) is 15.3.